The van der Waals surface area contributed by atoms with Gasteiger partial charge in [0.15, 0.2) is 7.14 Å². The van der Waals surface area contributed by atoms with Crippen LogP contribution in [0.15, 0.2) is 170 Å². The summed E-state index contributed by atoms with van der Waals surface area (Å²) in [4.78, 5) is 0. The SMILES string of the molecule is O=P(c1ccccc1)(c1ccccc1)c1ccc(-c2ccc(/C(=C/c3ccccc3)c3ccccc3)cc2)cc1. The van der Waals surface area contributed by atoms with E-state index in [-0.39, 0.29) is 0 Å². The van der Waals surface area contributed by atoms with Crippen molar-refractivity contribution in [2.75, 3.05) is 0 Å². The molecule has 0 bridgehead atoms. The average molecular weight is 533 g/mol. The van der Waals surface area contributed by atoms with Crippen molar-refractivity contribution in [2.45, 2.75) is 0 Å². The van der Waals surface area contributed by atoms with E-state index in [1.54, 1.807) is 0 Å². The molecule has 0 aliphatic carbocycles. The van der Waals surface area contributed by atoms with Gasteiger partial charge in [-0.25, -0.2) is 0 Å². The quantitative estimate of drug-likeness (QED) is 0.149. The van der Waals surface area contributed by atoms with Gasteiger partial charge in [-0.2, -0.15) is 0 Å². The van der Waals surface area contributed by atoms with Crippen LogP contribution in [0.4, 0.5) is 0 Å². The van der Waals surface area contributed by atoms with E-state index in [1.807, 2.05) is 84.9 Å². The van der Waals surface area contributed by atoms with Gasteiger partial charge in [0.2, 0.25) is 0 Å². The van der Waals surface area contributed by atoms with Crippen LogP contribution in [-0.4, -0.2) is 0 Å². The van der Waals surface area contributed by atoms with Crippen LogP contribution in [0.25, 0.3) is 22.8 Å². The lowest BCUT2D eigenvalue weighted by Crippen LogP contribution is -2.24. The van der Waals surface area contributed by atoms with E-state index in [1.165, 1.54) is 16.7 Å². The maximum Gasteiger partial charge on any atom is 0.171 e. The highest BCUT2D eigenvalue weighted by Gasteiger charge is 2.29. The van der Waals surface area contributed by atoms with Crippen LogP contribution >= 0.6 is 7.14 Å². The molecule has 6 rings (SSSR count). The molecule has 0 heterocycles. The molecule has 6 aromatic rings. The molecule has 0 radical (unpaired) electrons. The zero-order valence-electron chi connectivity index (χ0n) is 22.1. The second-order valence-corrected chi connectivity index (χ2v) is 12.5. The van der Waals surface area contributed by atoms with E-state index in [4.69, 9.17) is 0 Å². The Morgan fingerprint density at radius 2 is 0.775 bits per heavy atom. The van der Waals surface area contributed by atoms with Crippen molar-refractivity contribution < 1.29 is 4.57 Å². The van der Waals surface area contributed by atoms with Crippen LogP contribution in [0.2, 0.25) is 0 Å². The molecule has 6 aromatic carbocycles. The van der Waals surface area contributed by atoms with E-state index in [9.17, 15) is 4.57 Å². The third-order valence-electron chi connectivity index (χ3n) is 7.20. The van der Waals surface area contributed by atoms with Gasteiger partial charge in [-0.1, -0.05) is 170 Å². The minimum atomic E-state index is -2.98. The topological polar surface area (TPSA) is 17.1 Å². The molecule has 0 atom stereocenters. The summed E-state index contributed by atoms with van der Waals surface area (Å²) in [6.07, 6.45) is 2.24. The van der Waals surface area contributed by atoms with Gasteiger partial charge in [-0.05, 0) is 39.5 Å². The third kappa shape index (κ3) is 5.25. The van der Waals surface area contributed by atoms with Crippen molar-refractivity contribution in [1.82, 2.24) is 0 Å². The van der Waals surface area contributed by atoms with Crippen LogP contribution in [0.5, 0.6) is 0 Å². The summed E-state index contributed by atoms with van der Waals surface area (Å²) >= 11 is 0. The lowest BCUT2D eigenvalue weighted by atomic mass is 9.94. The molecule has 0 saturated heterocycles. The van der Waals surface area contributed by atoms with Crippen LogP contribution in [0, 0.1) is 0 Å². The highest BCUT2D eigenvalue weighted by molar-refractivity contribution is 7.85. The van der Waals surface area contributed by atoms with Crippen LogP contribution in [0.3, 0.4) is 0 Å². The normalized spacial score (nSPS) is 11.8. The first-order valence-corrected chi connectivity index (χ1v) is 15.2. The Bertz CT molecular complexity index is 1710. The Balaban J connectivity index is 1.34. The van der Waals surface area contributed by atoms with E-state index in [2.05, 4.69) is 91.0 Å². The molecule has 0 saturated carbocycles. The fourth-order valence-corrected chi connectivity index (χ4v) is 7.74. The van der Waals surface area contributed by atoms with Gasteiger partial charge in [0.05, 0.1) is 0 Å². The van der Waals surface area contributed by atoms with Gasteiger partial charge >= 0.3 is 0 Å². The highest BCUT2D eigenvalue weighted by atomic mass is 31.2. The molecule has 0 spiro atoms. The molecule has 40 heavy (non-hydrogen) atoms. The van der Waals surface area contributed by atoms with Gasteiger partial charge in [0, 0.05) is 15.9 Å². The molecule has 0 aliphatic rings. The van der Waals surface area contributed by atoms with E-state index in [0.717, 1.165) is 32.6 Å². The Labute approximate surface area is 236 Å². The Morgan fingerprint density at radius 1 is 0.400 bits per heavy atom. The second kappa shape index (κ2) is 11.6. The molecule has 0 N–H and O–H groups in total. The first-order valence-electron chi connectivity index (χ1n) is 13.5. The molecule has 0 aliphatic heterocycles. The molecule has 2 heteroatoms. The van der Waals surface area contributed by atoms with Crippen molar-refractivity contribution in [3.63, 3.8) is 0 Å². The smallest absolute Gasteiger partial charge is 0.171 e. The van der Waals surface area contributed by atoms with E-state index in [0.29, 0.717) is 0 Å². The maximum atomic E-state index is 14.7. The molecule has 192 valence electrons. The van der Waals surface area contributed by atoms with Gasteiger partial charge in [-0.3, -0.25) is 0 Å². The molecule has 1 nitrogen and oxygen atoms in total. The molecular formula is C38H29OP. The van der Waals surface area contributed by atoms with Crippen molar-refractivity contribution in [3.8, 4) is 11.1 Å². The van der Waals surface area contributed by atoms with Crippen molar-refractivity contribution in [3.05, 3.63) is 187 Å². The Kier molecular flexibility index (Phi) is 7.40. The predicted octanol–water partition coefficient (Wildman–Crippen LogP) is 8.58. The van der Waals surface area contributed by atoms with Crippen molar-refractivity contribution in [2.24, 2.45) is 0 Å². The fraction of sp³-hybridized carbons (Fsp3) is 0. The minimum absolute atomic E-state index is 0.836. The summed E-state index contributed by atoms with van der Waals surface area (Å²) in [5.41, 5.74) is 6.91. The monoisotopic (exact) mass is 532 g/mol. The molecule has 0 fully saturated rings. The van der Waals surface area contributed by atoms with E-state index >= 15 is 0 Å². The summed E-state index contributed by atoms with van der Waals surface area (Å²) in [6.45, 7) is 0. The third-order valence-corrected chi connectivity index (χ3v) is 10.3. The lowest BCUT2D eigenvalue weighted by Gasteiger charge is -2.20. The maximum absolute atomic E-state index is 14.7. The fourth-order valence-electron chi connectivity index (χ4n) is 5.10. The molecular weight excluding hydrogens is 503 g/mol. The van der Waals surface area contributed by atoms with Crippen LogP contribution < -0.4 is 15.9 Å². The first-order chi connectivity index (χ1) is 19.7. The highest BCUT2D eigenvalue weighted by Crippen LogP contribution is 2.42. The standard InChI is InChI=1S/C38H29OP/c39-40(35-17-9-3-10-18-35,36-19-11-4-12-20-36)37-27-25-32(26-28-37)31-21-23-34(24-22-31)38(33-15-7-2-8-16-33)29-30-13-5-1-6-14-30/h1-29H/b38-29+. The second-order valence-electron chi connectivity index (χ2n) is 9.74. The zero-order valence-corrected chi connectivity index (χ0v) is 23.0. The average Bonchev–Trinajstić information content (AvgIpc) is 3.05. The Hall–Kier alpha value is -4.71. The first kappa shape index (κ1) is 25.6. The van der Waals surface area contributed by atoms with Gasteiger partial charge in [0.1, 0.15) is 0 Å². The van der Waals surface area contributed by atoms with Gasteiger partial charge in [0.25, 0.3) is 0 Å². The number of benzene rings is 6. The molecule has 0 aromatic heterocycles. The number of hydrogen-bond acceptors (Lipinski definition) is 1. The zero-order chi connectivity index (χ0) is 27.2. The lowest BCUT2D eigenvalue weighted by molar-refractivity contribution is 0.592. The van der Waals surface area contributed by atoms with Gasteiger partial charge < -0.3 is 4.57 Å². The summed E-state index contributed by atoms with van der Waals surface area (Å²) in [6, 6.07) is 57.5. The van der Waals surface area contributed by atoms with Crippen molar-refractivity contribution in [1.29, 1.82) is 0 Å². The predicted molar refractivity (Wildman–Crippen MR) is 171 cm³/mol. The summed E-state index contributed by atoms with van der Waals surface area (Å²) < 4.78 is 14.7. The molecule has 0 unspecified atom stereocenters. The number of rotatable bonds is 7. The Morgan fingerprint density at radius 3 is 1.27 bits per heavy atom. The van der Waals surface area contributed by atoms with E-state index < -0.39 is 7.14 Å². The van der Waals surface area contributed by atoms with Crippen LogP contribution in [-0.2, 0) is 4.57 Å². The summed E-state index contributed by atoms with van der Waals surface area (Å²) in [5.74, 6) is 0. The summed E-state index contributed by atoms with van der Waals surface area (Å²) in [7, 11) is -2.98. The van der Waals surface area contributed by atoms with Gasteiger partial charge in [-0.15, -0.1) is 0 Å². The van der Waals surface area contributed by atoms with Crippen LogP contribution in [0.1, 0.15) is 16.7 Å². The summed E-state index contributed by atoms with van der Waals surface area (Å²) in [5, 5.41) is 2.52. The largest absolute Gasteiger partial charge is 0.309 e. The van der Waals surface area contributed by atoms with Crippen molar-refractivity contribution >= 4 is 34.7 Å². The number of hydrogen-bond donors (Lipinski definition) is 0. The molecule has 0 amide bonds. The minimum Gasteiger partial charge on any atom is -0.309 e.